The lowest BCUT2D eigenvalue weighted by Crippen LogP contribution is -2.63. The van der Waals surface area contributed by atoms with Crippen LogP contribution in [0.4, 0.5) is 10.2 Å². The molecule has 2 saturated heterocycles. The summed E-state index contributed by atoms with van der Waals surface area (Å²) in [6, 6.07) is 9.73. The number of hydrogen-bond acceptors (Lipinski definition) is 6. The molecule has 3 heterocycles. The van der Waals surface area contributed by atoms with Crippen LogP contribution in [0.15, 0.2) is 36.4 Å². The van der Waals surface area contributed by atoms with Gasteiger partial charge >= 0.3 is 0 Å². The Balaban J connectivity index is 1.32. The minimum absolute atomic E-state index is 0.0669. The Bertz CT molecular complexity index is 1260. The molecule has 7 nitrogen and oxygen atoms in total. The number of nitrogens with one attached hydrogen (secondary N) is 3. The minimum atomic E-state index is -0.667. The van der Waals surface area contributed by atoms with Crippen molar-refractivity contribution in [1.82, 2.24) is 20.8 Å². The highest BCUT2D eigenvalue weighted by atomic mass is 19.1. The summed E-state index contributed by atoms with van der Waals surface area (Å²) in [7, 11) is 1.45. The first-order chi connectivity index (χ1) is 16.7. The van der Waals surface area contributed by atoms with Crippen LogP contribution >= 0.6 is 0 Å². The maximum Gasteiger partial charge on any atom is 0.254 e. The lowest BCUT2D eigenvalue weighted by Gasteiger charge is -2.53. The number of phenols is 1. The summed E-state index contributed by atoms with van der Waals surface area (Å²) < 4.78 is 14.8. The molecule has 0 saturated carbocycles. The van der Waals surface area contributed by atoms with Gasteiger partial charge in [-0.3, -0.25) is 4.79 Å². The number of aromatic hydroxyl groups is 1. The highest BCUT2D eigenvalue weighted by Crippen LogP contribution is 2.42. The zero-order valence-corrected chi connectivity index (χ0v) is 20.4. The van der Waals surface area contributed by atoms with Crippen LogP contribution < -0.4 is 16.0 Å². The number of carbonyl (C=O) groups is 1. The van der Waals surface area contributed by atoms with Gasteiger partial charge in [0.05, 0.1) is 11.3 Å². The Labute approximate surface area is 204 Å². The average Bonchev–Trinajstić information content (AvgIpc) is 2.82. The van der Waals surface area contributed by atoms with Crippen molar-refractivity contribution < 1.29 is 14.3 Å². The Morgan fingerprint density at radius 1 is 1.14 bits per heavy atom. The predicted molar refractivity (Wildman–Crippen MR) is 135 cm³/mol. The van der Waals surface area contributed by atoms with E-state index in [1.807, 2.05) is 6.07 Å². The van der Waals surface area contributed by atoms with E-state index in [-0.39, 0.29) is 27.8 Å². The van der Waals surface area contributed by atoms with Gasteiger partial charge < -0.3 is 21.1 Å². The highest BCUT2D eigenvalue weighted by Gasteiger charge is 2.45. The SMILES string of the molecule is CNC(=O)c1ccc2cc(-c3ccc(NCC4CC5(C)CCCC(C)(C4)N5)nn3)c(O)cc2c1F. The molecule has 8 heteroatoms. The van der Waals surface area contributed by atoms with E-state index in [0.29, 0.717) is 28.4 Å². The second-order valence-corrected chi connectivity index (χ2v) is 10.7. The molecule has 1 amide bonds. The van der Waals surface area contributed by atoms with E-state index in [2.05, 4.69) is 40.0 Å². The second kappa shape index (κ2) is 8.75. The summed E-state index contributed by atoms with van der Waals surface area (Å²) in [6.07, 6.45) is 6.02. The summed E-state index contributed by atoms with van der Waals surface area (Å²) in [5.41, 5.74) is 1.29. The Morgan fingerprint density at radius 3 is 2.54 bits per heavy atom. The number of carbonyl (C=O) groups excluding carboxylic acids is 1. The Hall–Kier alpha value is -3.26. The molecule has 184 valence electrons. The standard InChI is InChI=1S/C27H32FN5O2/c1-26-9-4-10-27(2,33-26)14-16(13-26)15-30-23-8-7-21(31-32-23)20-11-17-5-6-18(25(35)29-3)24(28)19(17)12-22(20)34/h5-8,11-12,16,33-34H,4,9-10,13-15H2,1-3H3,(H,29,35)(H,30,32). The first-order valence-corrected chi connectivity index (χ1v) is 12.2. The molecule has 3 aromatic rings. The van der Waals surface area contributed by atoms with Crippen LogP contribution in [-0.2, 0) is 0 Å². The number of fused-ring (bicyclic) bond motifs is 3. The van der Waals surface area contributed by atoms with E-state index in [0.717, 1.165) is 19.4 Å². The number of anilines is 1. The largest absolute Gasteiger partial charge is 0.507 e. The third kappa shape index (κ3) is 4.55. The van der Waals surface area contributed by atoms with E-state index in [4.69, 9.17) is 0 Å². The van der Waals surface area contributed by atoms with Crippen LogP contribution in [-0.4, -0.2) is 45.9 Å². The fourth-order valence-electron chi connectivity index (χ4n) is 6.18. The number of phenolic OH excluding ortho intramolecular Hbond substituents is 1. The van der Waals surface area contributed by atoms with Crippen molar-refractivity contribution in [2.75, 3.05) is 18.9 Å². The molecule has 2 aliphatic rings. The molecule has 2 unspecified atom stereocenters. The van der Waals surface area contributed by atoms with Crippen molar-refractivity contribution in [2.45, 2.75) is 57.0 Å². The van der Waals surface area contributed by atoms with Crippen molar-refractivity contribution in [2.24, 2.45) is 5.92 Å². The summed E-state index contributed by atoms with van der Waals surface area (Å²) in [4.78, 5) is 11.9. The molecule has 1 aromatic heterocycles. The van der Waals surface area contributed by atoms with Crippen LogP contribution in [0.25, 0.3) is 22.0 Å². The van der Waals surface area contributed by atoms with Crippen molar-refractivity contribution in [3.8, 4) is 17.0 Å². The molecule has 5 rings (SSSR count). The van der Waals surface area contributed by atoms with E-state index >= 15 is 0 Å². The van der Waals surface area contributed by atoms with Crippen LogP contribution in [0.3, 0.4) is 0 Å². The zero-order chi connectivity index (χ0) is 24.8. The number of piperidine rings is 2. The lowest BCUT2D eigenvalue weighted by atomic mass is 9.67. The molecule has 0 radical (unpaired) electrons. The van der Waals surface area contributed by atoms with Crippen LogP contribution in [0, 0.1) is 11.7 Å². The zero-order valence-electron chi connectivity index (χ0n) is 20.4. The number of hydrogen-bond donors (Lipinski definition) is 4. The molecule has 2 atom stereocenters. The van der Waals surface area contributed by atoms with Crippen molar-refractivity contribution in [3.05, 3.63) is 47.8 Å². The van der Waals surface area contributed by atoms with Gasteiger partial charge in [-0.25, -0.2) is 4.39 Å². The van der Waals surface area contributed by atoms with E-state index in [1.165, 1.54) is 38.4 Å². The normalized spacial score (nSPS) is 25.9. The number of rotatable bonds is 5. The smallest absolute Gasteiger partial charge is 0.254 e. The third-order valence-electron chi connectivity index (χ3n) is 7.59. The number of amides is 1. The third-order valence-corrected chi connectivity index (χ3v) is 7.59. The molecule has 4 N–H and O–H groups in total. The predicted octanol–water partition coefficient (Wildman–Crippen LogP) is 4.61. The molecule has 2 fully saturated rings. The van der Waals surface area contributed by atoms with E-state index in [1.54, 1.807) is 18.2 Å². The Kier molecular flexibility index (Phi) is 5.87. The fraction of sp³-hybridized carbons (Fsp3) is 0.444. The Morgan fingerprint density at radius 2 is 1.89 bits per heavy atom. The van der Waals surface area contributed by atoms with Gasteiger partial charge in [-0.2, -0.15) is 0 Å². The minimum Gasteiger partial charge on any atom is -0.507 e. The monoisotopic (exact) mass is 477 g/mol. The van der Waals surface area contributed by atoms with Gasteiger partial charge in [-0.1, -0.05) is 6.07 Å². The molecule has 0 aliphatic carbocycles. The molecular weight excluding hydrogens is 445 g/mol. The topological polar surface area (TPSA) is 99.2 Å². The number of nitrogens with zero attached hydrogens (tertiary/aromatic N) is 2. The molecule has 35 heavy (non-hydrogen) atoms. The molecule has 0 spiro atoms. The molecule has 2 aliphatic heterocycles. The van der Waals surface area contributed by atoms with Crippen LogP contribution in [0.1, 0.15) is 56.3 Å². The van der Waals surface area contributed by atoms with E-state index in [9.17, 15) is 14.3 Å². The molecule has 2 bridgehead atoms. The van der Waals surface area contributed by atoms with E-state index < -0.39 is 11.7 Å². The van der Waals surface area contributed by atoms with Gasteiger partial charge in [-0.15, -0.1) is 10.2 Å². The van der Waals surface area contributed by atoms with Gasteiger partial charge in [-0.05, 0) is 87.6 Å². The summed E-state index contributed by atoms with van der Waals surface area (Å²) in [6.45, 7) is 5.52. The van der Waals surface area contributed by atoms with Gasteiger partial charge in [0, 0.05) is 35.6 Å². The fourth-order valence-corrected chi connectivity index (χ4v) is 6.18. The molecule has 2 aromatic carbocycles. The van der Waals surface area contributed by atoms with Gasteiger partial charge in [0.25, 0.3) is 5.91 Å². The maximum atomic E-state index is 14.8. The quantitative estimate of drug-likeness (QED) is 0.428. The second-order valence-electron chi connectivity index (χ2n) is 10.7. The first-order valence-electron chi connectivity index (χ1n) is 12.2. The summed E-state index contributed by atoms with van der Waals surface area (Å²) in [5, 5.41) is 29.7. The summed E-state index contributed by atoms with van der Waals surface area (Å²) in [5.74, 6) is -0.0541. The number of aromatic nitrogens is 2. The highest BCUT2D eigenvalue weighted by molar-refractivity contribution is 6.00. The van der Waals surface area contributed by atoms with Gasteiger partial charge in [0.1, 0.15) is 17.4 Å². The van der Waals surface area contributed by atoms with Gasteiger partial charge in [0.2, 0.25) is 0 Å². The van der Waals surface area contributed by atoms with Gasteiger partial charge in [0.15, 0.2) is 0 Å². The number of halogens is 1. The number of benzene rings is 2. The van der Waals surface area contributed by atoms with Crippen molar-refractivity contribution in [1.29, 1.82) is 0 Å². The average molecular weight is 478 g/mol. The summed E-state index contributed by atoms with van der Waals surface area (Å²) >= 11 is 0. The van der Waals surface area contributed by atoms with Crippen LogP contribution in [0.2, 0.25) is 0 Å². The van der Waals surface area contributed by atoms with Crippen molar-refractivity contribution in [3.63, 3.8) is 0 Å². The van der Waals surface area contributed by atoms with Crippen LogP contribution in [0.5, 0.6) is 5.75 Å². The lowest BCUT2D eigenvalue weighted by molar-refractivity contribution is 0.0589. The first kappa shape index (κ1) is 23.5. The molecular formula is C27H32FN5O2. The van der Waals surface area contributed by atoms with Crippen molar-refractivity contribution >= 4 is 22.5 Å². The maximum absolute atomic E-state index is 14.8.